The molecule has 0 radical (unpaired) electrons. The van der Waals surface area contributed by atoms with Crippen LogP contribution in [0.15, 0.2) is 84.0 Å². The molecule has 0 spiro atoms. The molecule has 1 aliphatic heterocycles. The molecule has 1 saturated heterocycles. The molecule has 0 aliphatic carbocycles. The number of carboxylic acids is 2. The minimum absolute atomic E-state index is 0.0249. The lowest BCUT2D eigenvalue weighted by molar-refractivity contribution is -0.192. The average Bonchev–Trinajstić information content (AvgIpc) is 3.55. The van der Waals surface area contributed by atoms with Crippen LogP contribution in [0, 0.1) is 11.7 Å². The van der Waals surface area contributed by atoms with Crippen LogP contribution in [0.25, 0.3) is 10.8 Å². The molecular weight excluding hydrogens is 700 g/mol. The Bertz CT molecular complexity index is 2030. The van der Waals surface area contributed by atoms with Crippen LogP contribution in [0.4, 0.5) is 23.2 Å². The summed E-state index contributed by atoms with van der Waals surface area (Å²) in [4.78, 5) is 41.5. The third-order valence-electron chi connectivity index (χ3n) is 8.20. The number of likely N-dealkylation sites (tertiary alicyclic amines) is 1. The van der Waals surface area contributed by atoms with Gasteiger partial charge >= 0.3 is 18.1 Å². The molecule has 4 N–H and O–H groups in total. The molecule has 3 atom stereocenters. The highest BCUT2D eigenvalue weighted by Gasteiger charge is 2.46. The summed E-state index contributed by atoms with van der Waals surface area (Å²) in [5.74, 6) is 0.274. The Kier molecular flexibility index (Phi) is 11.9. The van der Waals surface area contributed by atoms with Gasteiger partial charge in [-0.3, -0.25) is 19.6 Å². The van der Waals surface area contributed by atoms with Gasteiger partial charge < -0.3 is 19.8 Å². The van der Waals surface area contributed by atoms with Gasteiger partial charge in [0, 0.05) is 24.3 Å². The second kappa shape index (κ2) is 15.7. The number of benzene rings is 3. The number of hydrogen-bond donors (Lipinski definition) is 3. The summed E-state index contributed by atoms with van der Waals surface area (Å²) in [7, 11) is -3.76. The van der Waals surface area contributed by atoms with Crippen molar-refractivity contribution >= 4 is 44.1 Å². The number of amides is 1. The Labute approximate surface area is 289 Å². The van der Waals surface area contributed by atoms with E-state index in [9.17, 15) is 40.7 Å². The summed E-state index contributed by atoms with van der Waals surface area (Å²) in [6.45, 7) is 3.43. The van der Waals surface area contributed by atoms with Gasteiger partial charge in [0.25, 0.3) is 5.91 Å². The molecule has 1 amide bonds. The van der Waals surface area contributed by atoms with Crippen LogP contribution < -0.4 is 15.6 Å². The van der Waals surface area contributed by atoms with Crippen molar-refractivity contribution in [2.24, 2.45) is 11.8 Å². The number of rotatable bonds is 10. The van der Waals surface area contributed by atoms with E-state index in [1.54, 1.807) is 61.8 Å². The molecule has 2 heterocycles. The highest BCUT2D eigenvalue weighted by Crippen LogP contribution is 2.43. The van der Waals surface area contributed by atoms with Gasteiger partial charge in [-0.15, -0.1) is 0 Å². The predicted molar refractivity (Wildman–Crippen MR) is 177 cm³/mol. The standard InChI is InChI=1S/C32H33FN4O6S.C2HF3O2/c1-3-43-27-18-21(10-12-26(27)33)29(37(34)23-11-9-22-19-35-15-13-20(22)17-23)31(38)36-16-14-25(32(39)40)30(36)24-7-5-6-8-28(24)44(41,42)4-2;3-2(4,5)1(6)7/h5-13,15,17-19,25,29-30H,3-4,14,16,34H2,1-2H3,(H,39,40);(H,6,7)/t25?,29-,30?;/m1./s1. The minimum atomic E-state index is -5.08. The highest BCUT2D eigenvalue weighted by atomic mass is 32.2. The number of anilines is 1. The van der Waals surface area contributed by atoms with Crippen molar-refractivity contribution in [2.75, 3.05) is 23.9 Å². The first-order chi connectivity index (χ1) is 24.0. The zero-order chi connectivity index (χ0) is 37.7. The Morgan fingerprint density at radius 2 is 1.73 bits per heavy atom. The van der Waals surface area contributed by atoms with Crippen molar-refractivity contribution in [2.45, 2.75) is 43.4 Å². The van der Waals surface area contributed by atoms with Crippen LogP contribution in [0.3, 0.4) is 0 Å². The number of halogens is 4. The highest BCUT2D eigenvalue weighted by molar-refractivity contribution is 7.91. The van der Waals surface area contributed by atoms with Gasteiger partial charge in [-0.05, 0) is 66.3 Å². The van der Waals surface area contributed by atoms with E-state index < -0.39 is 57.7 Å². The van der Waals surface area contributed by atoms with Crippen LogP contribution in [0.2, 0.25) is 0 Å². The van der Waals surface area contributed by atoms with E-state index in [1.165, 1.54) is 41.1 Å². The van der Waals surface area contributed by atoms with Crippen LogP contribution >= 0.6 is 0 Å². The first kappa shape index (κ1) is 38.5. The number of hydrazine groups is 1. The number of sulfone groups is 1. The number of hydrogen-bond acceptors (Lipinski definition) is 9. The number of carbonyl (C=O) groups excluding carboxylic acids is 1. The van der Waals surface area contributed by atoms with Crippen molar-refractivity contribution in [3.8, 4) is 5.75 Å². The molecular formula is C34H34F4N4O8S. The van der Waals surface area contributed by atoms with E-state index in [4.69, 9.17) is 20.5 Å². The number of aliphatic carboxylic acids is 2. The van der Waals surface area contributed by atoms with Crippen LogP contribution in [-0.2, 0) is 24.2 Å². The van der Waals surface area contributed by atoms with E-state index in [-0.39, 0.29) is 41.5 Å². The molecule has 3 aromatic carbocycles. The quantitative estimate of drug-likeness (QED) is 0.109. The number of nitrogens with two attached hydrogens (primary N) is 1. The van der Waals surface area contributed by atoms with Gasteiger partial charge in [-0.1, -0.05) is 37.3 Å². The normalized spacial score (nSPS) is 16.6. The summed E-state index contributed by atoms with van der Waals surface area (Å²) in [6.07, 6.45) is -1.66. The van der Waals surface area contributed by atoms with E-state index >= 15 is 0 Å². The first-order valence-corrected chi connectivity index (χ1v) is 17.1. The molecule has 17 heteroatoms. The Balaban J connectivity index is 0.000000755. The Morgan fingerprint density at radius 1 is 1.04 bits per heavy atom. The maximum Gasteiger partial charge on any atom is 0.490 e. The van der Waals surface area contributed by atoms with Gasteiger partial charge in [0.15, 0.2) is 21.4 Å². The van der Waals surface area contributed by atoms with Gasteiger partial charge in [0.1, 0.15) is 6.04 Å². The maximum atomic E-state index is 14.7. The van der Waals surface area contributed by atoms with E-state index in [0.29, 0.717) is 11.3 Å². The number of carbonyl (C=O) groups is 3. The molecule has 4 aromatic rings. The zero-order valence-corrected chi connectivity index (χ0v) is 28.1. The molecule has 1 aromatic heterocycles. The maximum absolute atomic E-state index is 14.7. The van der Waals surface area contributed by atoms with Crippen molar-refractivity contribution in [3.63, 3.8) is 0 Å². The van der Waals surface area contributed by atoms with Gasteiger partial charge in [-0.25, -0.2) is 23.4 Å². The lowest BCUT2D eigenvalue weighted by Gasteiger charge is -2.36. The number of pyridine rings is 1. The molecule has 1 aliphatic rings. The Morgan fingerprint density at radius 3 is 2.35 bits per heavy atom. The molecule has 1 fully saturated rings. The first-order valence-electron chi connectivity index (χ1n) is 15.5. The van der Waals surface area contributed by atoms with Crippen LogP contribution in [-0.4, -0.2) is 71.4 Å². The fourth-order valence-electron chi connectivity index (χ4n) is 5.76. The number of carboxylic acid groups (broad SMARTS) is 2. The number of alkyl halides is 3. The predicted octanol–water partition coefficient (Wildman–Crippen LogP) is 5.30. The summed E-state index contributed by atoms with van der Waals surface area (Å²) < 4.78 is 78.0. The monoisotopic (exact) mass is 734 g/mol. The lowest BCUT2D eigenvalue weighted by atomic mass is 9.93. The van der Waals surface area contributed by atoms with Gasteiger partial charge in [0.2, 0.25) is 0 Å². The molecule has 0 saturated carbocycles. The minimum Gasteiger partial charge on any atom is -0.491 e. The molecule has 2 unspecified atom stereocenters. The third-order valence-corrected chi connectivity index (χ3v) is 10.0. The van der Waals surface area contributed by atoms with Crippen molar-refractivity contribution in [3.05, 3.63) is 96.1 Å². The summed E-state index contributed by atoms with van der Waals surface area (Å²) in [5, 5.41) is 20.2. The zero-order valence-electron chi connectivity index (χ0n) is 27.2. The summed E-state index contributed by atoms with van der Waals surface area (Å²) in [5.41, 5.74) is 0.996. The molecule has 12 nitrogen and oxygen atoms in total. The van der Waals surface area contributed by atoms with E-state index in [1.807, 2.05) is 0 Å². The van der Waals surface area contributed by atoms with E-state index in [0.717, 1.165) is 10.8 Å². The molecule has 5 rings (SSSR count). The Hall–Kier alpha value is -5.29. The number of ether oxygens (including phenoxy) is 1. The van der Waals surface area contributed by atoms with Crippen molar-refractivity contribution in [1.82, 2.24) is 9.88 Å². The molecule has 0 bridgehead atoms. The fourth-order valence-corrected chi connectivity index (χ4v) is 6.91. The second-order valence-electron chi connectivity index (χ2n) is 11.3. The number of fused-ring (bicyclic) bond motifs is 1. The van der Waals surface area contributed by atoms with Gasteiger partial charge in [-0.2, -0.15) is 13.2 Å². The topological polar surface area (TPSA) is 180 Å². The second-order valence-corrected chi connectivity index (χ2v) is 13.5. The molecule has 51 heavy (non-hydrogen) atoms. The average molecular weight is 735 g/mol. The van der Waals surface area contributed by atoms with Crippen LogP contribution in [0.1, 0.15) is 43.5 Å². The smallest absolute Gasteiger partial charge is 0.490 e. The molecule has 272 valence electrons. The van der Waals surface area contributed by atoms with Crippen molar-refractivity contribution in [1.29, 1.82) is 0 Å². The SMILES string of the molecule is CCOc1cc([C@H](C(=O)N2CCC(C(=O)O)C2c2ccccc2S(=O)(=O)CC)N(N)c2ccc3cnccc3c2)ccc1F.O=C(O)C(F)(F)F. The summed E-state index contributed by atoms with van der Waals surface area (Å²) >= 11 is 0. The van der Waals surface area contributed by atoms with Gasteiger partial charge in [0.05, 0.1) is 34.9 Å². The largest absolute Gasteiger partial charge is 0.491 e. The van der Waals surface area contributed by atoms with Crippen LogP contribution in [0.5, 0.6) is 5.75 Å². The fraction of sp³-hybridized carbons (Fsp3) is 0.294. The summed E-state index contributed by atoms with van der Waals surface area (Å²) in [6, 6.07) is 15.0. The number of aromatic nitrogens is 1. The number of nitrogens with zero attached hydrogens (tertiary/aromatic N) is 3. The lowest BCUT2D eigenvalue weighted by Crippen LogP contribution is -2.47. The van der Waals surface area contributed by atoms with Crippen molar-refractivity contribution < 1.29 is 55.3 Å². The van der Waals surface area contributed by atoms with E-state index in [2.05, 4.69) is 4.98 Å². The third kappa shape index (κ3) is 8.54.